The average Bonchev–Trinajstić information content (AvgIpc) is 2.79. The van der Waals surface area contributed by atoms with Crippen LogP contribution in [0.2, 0.25) is 5.15 Å². The first-order chi connectivity index (χ1) is 16.0. The van der Waals surface area contributed by atoms with Crippen LogP contribution in [0.5, 0.6) is 5.75 Å². The molecule has 182 valence electrons. The molecule has 0 aliphatic carbocycles. The van der Waals surface area contributed by atoms with E-state index in [9.17, 15) is 14.4 Å². The smallest absolute Gasteiger partial charge is 0.321 e. The van der Waals surface area contributed by atoms with E-state index in [-0.39, 0.29) is 35.6 Å². The minimum atomic E-state index is -0.859. The number of imide groups is 1. The Kier molecular flexibility index (Phi) is 8.95. The van der Waals surface area contributed by atoms with Crippen LogP contribution in [0.1, 0.15) is 28.9 Å². The van der Waals surface area contributed by atoms with Crippen LogP contribution in [-0.2, 0) is 11.2 Å². The molecule has 4 amide bonds. The average molecular weight is 492 g/mol. The number of unbranched alkanes of at least 4 members (excludes halogenated alkanes) is 1. The third kappa shape index (κ3) is 6.93. The molecule has 2 rings (SSSR count). The van der Waals surface area contributed by atoms with Crippen molar-refractivity contribution in [3.8, 4) is 5.75 Å². The lowest BCUT2D eigenvalue weighted by molar-refractivity contribution is -0.129. The summed E-state index contributed by atoms with van der Waals surface area (Å²) in [6, 6.07) is 6.20. The van der Waals surface area contributed by atoms with E-state index < -0.39 is 23.8 Å². The molecule has 0 saturated carbocycles. The number of nitrogens with two attached hydrogens (primary N) is 4. The number of guanidine groups is 1. The predicted molar refractivity (Wildman–Crippen MR) is 126 cm³/mol. The summed E-state index contributed by atoms with van der Waals surface area (Å²) >= 11 is 5.83. The van der Waals surface area contributed by atoms with Gasteiger partial charge in [0, 0.05) is 13.6 Å². The van der Waals surface area contributed by atoms with E-state index in [1.54, 1.807) is 12.1 Å². The lowest BCUT2D eigenvalue weighted by Crippen LogP contribution is -2.42. The van der Waals surface area contributed by atoms with Crippen molar-refractivity contribution >= 4 is 47.0 Å². The zero-order valence-electron chi connectivity index (χ0n) is 18.5. The van der Waals surface area contributed by atoms with E-state index in [1.807, 2.05) is 12.1 Å². The van der Waals surface area contributed by atoms with Crippen molar-refractivity contribution in [2.45, 2.75) is 19.3 Å². The number of urea groups is 1. The predicted octanol–water partition coefficient (Wildman–Crippen LogP) is 0.569. The van der Waals surface area contributed by atoms with Gasteiger partial charge in [-0.05, 0) is 37.0 Å². The second kappa shape index (κ2) is 11.7. The number of halogens is 1. The fourth-order valence-corrected chi connectivity index (χ4v) is 2.90. The van der Waals surface area contributed by atoms with Gasteiger partial charge in [0.15, 0.2) is 35.0 Å². The number of benzene rings is 1. The van der Waals surface area contributed by atoms with E-state index >= 15 is 0 Å². The largest absolute Gasteiger partial charge is 0.484 e. The maximum atomic E-state index is 12.7. The summed E-state index contributed by atoms with van der Waals surface area (Å²) in [5.41, 5.74) is 22.6. The maximum absolute atomic E-state index is 12.7. The Balaban J connectivity index is 1.87. The minimum Gasteiger partial charge on any atom is -0.484 e. The number of nitrogens with one attached hydrogen (secondary N) is 1. The van der Waals surface area contributed by atoms with Crippen molar-refractivity contribution in [3.63, 3.8) is 0 Å². The molecular weight excluding hydrogens is 466 g/mol. The molecule has 1 aromatic carbocycles. The molecule has 1 heterocycles. The minimum absolute atomic E-state index is 0.105. The second-order valence-electron chi connectivity index (χ2n) is 7.16. The van der Waals surface area contributed by atoms with Gasteiger partial charge in [-0.25, -0.2) is 14.8 Å². The number of rotatable bonds is 9. The van der Waals surface area contributed by atoms with Gasteiger partial charge in [-0.1, -0.05) is 23.7 Å². The summed E-state index contributed by atoms with van der Waals surface area (Å²) < 4.78 is 5.35. The summed E-state index contributed by atoms with van der Waals surface area (Å²) in [5.74, 6) is -1.57. The molecule has 0 spiro atoms. The first-order valence-electron chi connectivity index (χ1n) is 10.0. The van der Waals surface area contributed by atoms with Gasteiger partial charge in [0.05, 0.1) is 0 Å². The highest BCUT2D eigenvalue weighted by molar-refractivity contribution is 6.31. The second-order valence-corrected chi connectivity index (χ2v) is 7.51. The van der Waals surface area contributed by atoms with Gasteiger partial charge in [-0.3, -0.25) is 24.8 Å². The highest BCUT2D eigenvalue weighted by Crippen LogP contribution is 2.19. The number of nitrogen functional groups attached to an aromatic ring is 2. The Bertz CT molecular complexity index is 1080. The molecule has 0 bridgehead atoms. The maximum Gasteiger partial charge on any atom is 0.321 e. The lowest BCUT2D eigenvalue weighted by atomic mass is 10.1. The summed E-state index contributed by atoms with van der Waals surface area (Å²) in [6.45, 7) is -0.157. The lowest BCUT2D eigenvalue weighted by Gasteiger charge is -2.20. The number of anilines is 2. The highest BCUT2D eigenvalue weighted by Gasteiger charge is 2.24. The van der Waals surface area contributed by atoms with Crippen molar-refractivity contribution in [1.29, 1.82) is 5.41 Å². The summed E-state index contributed by atoms with van der Waals surface area (Å²) in [7, 11) is 1.27. The van der Waals surface area contributed by atoms with Crippen LogP contribution in [0.3, 0.4) is 0 Å². The van der Waals surface area contributed by atoms with Crippen LogP contribution >= 0.6 is 11.6 Å². The number of ether oxygens (including phenoxy) is 1. The molecule has 0 unspecified atom stereocenters. The molecule has 2 aromatic rings. The Hall–Kier alpha value is -4.13. The Morgan fingerprint density at radius 1 is 1.06 bits per heavy atom. The molecule has 9 N–H and O–H groups in total. The van der Waals surface area contributed by atoms with Gasteiger partial charge in [-0.2, -0.15) is 0 Å². The molecule has 0 aliphatic rings. The molecule has 13 nitrogen and oxygen atoms in total. The quantitative estimate of drug-likeness (QED) is 0.187. The van der Waals surface area contributed by atoms with Crippen molar-refractivity contribution in [3.05, 3.63) is 40.7 Å². The first-order valence-corrected chi connectivity index (χ1v) is 10.4. The normalized spacial score (nSPS) is 10.4. The van der Waals surface area contributed by atoms with E-state index in [4.69, 9.17) is 44.7 Å². The molecule has 0 radical (unpaired) electrons. The van der Waals surface area contributed by atoms with Crippen molar-refractivity contribution < 1.29 is 19.1 Å². The van der Waals surface area contributed by atoms with Gasteiger partial charge in [-0.15, -0.1) is 0 Å². The Morgan fingerprint density at radius 3 is 2.29 bits per heavy atom. The van der Waals surface area contributed by atoms with E-state index in [1.165, 1.54) is 7.05 Å². The van der Waals surface area contributed by atoms with Gasteiger partial charge < -0.3 is 27.7 Å². The van der Waals surface area contributed by atoms with E-state index in [0.29, 0.717) is 25.0 Å². The molecule has 0 fully saturated rings. The number of hydrogen-bond donors (Lipinski definition) is 5. The van der Waals surface area contributed by atoms with Crippen LogP contribution < -0.4 is 27.7 Å². The molecular formula is C20H26ClN9O4. The van der Waals surface area contributed by atoms with Crippen LogP contribution in [0.15, 0.2) is 24.3 Å². The Morgan fingerprint density at radius 2 is 1.71 bits per heavy atom. The number of hydrogen-bond acceptors (Lipinski definition) is 9. The molecule has 0 saturated heterocycles. The molecule has 0 atom stereocenters. The number of carbonyl (C=O) groups excluding carboxylic acids is 3. The number of aromatic nitrogens is 2. The standard InChI is InChI=1S/C20H26ClN9O4/c1-29(20(26)33)13(31)10-34-12-7-5-11(6-8-12)4-2-3-9-30(19(24)25)18(32)14-16(22)28-17(23)15(21)27-14/h5-8H,2-4,9-10H2,1H3,(H3,24,25)(H2,26,33)(H4,22,23,28). The number of aryl methyl sites for hydroxylation is 1. The molecule has 1 aromatic heterocycles. The van der Waals surface area contributed by atoms with Crippen molar-refractivity contribution in [2.24, 2.45) is 11.5 Å². The van der Waals surface area contributed by atoms with Gasteiger partial charge in [0.1, 0.15) is 5.75 Å². The fraction of sp³-hybridized carbons (Fsp3) is 0.300. The molecule has 0 aliphatic heterocycles. The van der Waals surface area contributed by atoms with Crippen molar-refractivity contribution in [2.75, 3.05) is 31.7 Å². The number of amides is 4. The van der Waals surface area contributed by atoms with E-state index in [2.05, 4.69) is 9.97 Å². The van der Waals surface area contributed by atoms with Crippen LogP contribution in [0.4, 0.5) is 16.4 Å². The Labute approximate surface area is 200 Å². The van der Waals surface area contributed by atoms with Gasteiger partial charge in [0.2, 0.25) is 0 Å². The van der Waals surface area contributed by atoms with Crippen LogP contribution in [-0.4, -0.2) is 63.8 Å². The zero-order valence-corrected chi connectivity index (χ0v) is 19.2. The third-order valence-corrected chi connectivity index (χ3v) is 5.01. The van der Waals surface area contributed by atoms with Crippen LogP contribution in [0.25, 0.3) is 0 Å². The number of nitrogens with zero attached hydrogens (tertiary/aromatic N) is 4. The van der Waals surface area contributed by atoms with Crippen LogP contribution in [0, 0.1) is 5.41 Å². The molecule has 14 heteroatoms. The number of carbonyl (C=O) groups is 3. The monoisotopic (exact) mass is 491 g/mol. The summed E-state index contributed by atoms with van der Waals surface area (Å²) in [6.07, 6.45) is 1.90. The van der Waals surface area contributed by atoms with Crippen molar-refractivity contribution in [1.82, 2.24) is 19.8 Å². The molecule has 34 heavy (non-hydrogen) atoms. The summed E-state index contributed by atoms with van der Waals surface area (Å²) in [5, 5.41) is 7.54. The SMILES string of the molecule is CN(C(N)=O)C(=O)COc1ccc(CCCCN(C(=N)N)C(=O)c2nc(Cl)c(N)nc2N)cc1. The third-order valence-electron chi connectivity index (χ3n) is 4.73. The zero-order chi connectivity index (χ0) is 25.4. The topological polar surface area (TPSA) is 221 Å². The van der Waals surface area contributed by atoms with Gasteiger partial charge >= 0.3 is 6.03 Å². The summed E-state index contributed by atoms with van der Waals surface area (Å²) in [4.78, 5) is 44.8. The van der Waals surface area contributed by atoms with E-state index in [0.717, 1.165) is 15.4 Å². The fourth-order valence-electron chi connectivity index (χ4n) is 2.77. The number of likely N-dealkylation sites (N-methyl/N-ethyl adjacent to an activating group) is 1. The highest BCUT2D eigenvalue weighted by atomic mass is 35.5. The van der Waals surface area contributed by atoms with Gasteiger partial charge in [0.25, 0.3) is 11.8 Å². The first kappa shape index (κ1) is 26.1. The number of primary amides is 1.